The zero-order valence-electron chi connectivity index (χ0n) is 16.1. The van der Waals surface area contributed by atoms with Crippen LogP contribution in [0.25, 0.3) is 0 Å². The van der Waals surface area contributed by atoms with Crippen molar-refractivity contribution in [3.63, 3.8) is 0 Å². The Balaban J connectivity index is 1.47. The minimum atomic E-state index is -0.614. The number of rotatable bonds is 5. The van der Waals surface area contributed by atoms with E-state index in [2.05, 4.69) is 31.6 Å². The van der Waals surface area contributed by atoms with Gasteiger partial charge in [-0.05, 0) is 31.7 Å². The minimum Gasteiger partial charge on any atom is -0.348 e. The summed E-state index contributed by atoms with van der Waals surface area (Å²) in [5, 5.41) is 20.2. The molecular weight excluding hydrogens is 388 g/mol. The van der Waals surface area contributed by atoms with Crippen LogP contribution >= 0.6 is 0 Å². The largest absolute Gasteiger partial charge is 0.348 e. The van der Waals surface area contributed by atoms with E-state index >= 15 is 0 Å². The molecule has 1 saturated carbocycles. The number of nitrogens with one attached hydrogen (secondary N) is 2. The lowest BCUT2D eigenvalue weighted by molar-refractivity contribution is 0.553. The molecule has 0 radical (unpaired) electrons. The van der Waals surface area contributed by atoms with Crippen LogP contribution in [0, 0.1) is 23.0 Å². The first kappa shape index (κ1) is 18.5. The van der Waals surface area contributed by atoms with Crippen LogP contribution in [0.3, 0.4) is 0 Å². The van der Waals surface area contributed by atoms with Crippen LogP contribution < -0.4 is 10.2 Å². The fourth-order valence-corrected chi connectivity index (χ4v) is 4.03. The summed E-state index contributed by atoms with van der Waals surface area (Å²) in [6.45, 7) is 0.612. The van der Waals surface area contributed by atoms with Gasteiger partial charge in [-0.2, -0.15) is 10.4 Å². The SMILES string of the molecule is N#Cc1c(Nc2cc(C3CC3)[nH]n2)ncnc1N1CCCC1c1ccc(F)cc1F. The number of aromatic amines is 1. The molecule has 1 atom stereocenters. The molecule has 3 heterocycles. The van der Waals surface area contributed by atoms with Crippen molar-refractivity contribution >= 4 is 17.5 Å². The Labute approximate surface area is 171 Å². The van der Waals surface area contributed by atoms with Crippen LogP contribution in [0.2, 0.25) is 0 Å². The van der Waals surface area contributed by atoms with Crippen LogP contribution in [0.4, 0.5) is 26.2 Å². The number of hydrogen-bond donors (Lipinski definition) is 2. The maximum Gasteiger partial charge on any atom is 0.155 e. The van der Waals surface area contributed by atoms with E-state index in [9.17, 15) is 14.0 Å². The van der Waals surface area contributed by atoms with E-state index in [1.165, 1.54) is 18.5 Å². The van der Waals surface area contributed by atoms with E-state index in [1.54, 1.807) is 0 Å². The molecule has 2 aromatic heterocycles. The molecule has 1 aliphatic carbocycles. The van der Waals surface area contributed by atoms with Gasteiger partial charge in [-0.3, -0.25) is 5.10 Å². The van der Waals surface area contributed by atoms with Crippen molar-refractivity contribution in [3.05, 3.63) is 59.0 Å². The van der Waals surface area contributed by atoms with Crippen molar-refractivity contribution in [1.82, 2.24) is 20.2 Å². The fourth-order valence-electron chi connectivity index (χ4n) is 4.03. The summed E-state index contributed by atoms with van der Waals surface area (Å²) in [5.41, 5.74) is 1.73. The zero-order chi connectivity index (χ0) is 20.7. The third-order valence-corrected chi connectivity index (χ3v) is 5.65. The van der Waals surface area contributed by atoms with E-state index in [0.29, 0.717) is 41.9 Å². The van der Waals surface area contributed by atoms with Gasteiger partial charge < -0.3 is 10.2 Å². The maximum atomic E-state index is 14.4. The molecule has 2 N–H and O–H groups in total. The van der Waals surface area contributed by atoms with E-state index < -0.39 is 11.6 Å². The predicted octanol–water partition coefficient (Wildman–Crippen LogP) is 4.31. The lowest BCUT2D eigenvalue weighted by atomic mass is 10.0. The molecule has 2 fully saturated rings. The molecule has 152 valence electrons. The number of nitrogens with zero attached hydrogens (tertiary/aromatic N) is 5. The maximum absolute atomic E-state index is 14.4. The number of nitriles is 1. The second-order valence-electron chi connectivity index (χ2n) is 7.66. The first-order chi connectivity index (χ1) is 14.6. The Bertz CT molecular complexity index is 1130. The quantitative estimate of drug-likeness (QED) is 0.655. The summed E-state index contributed by atoms with van der Waals surface area (Å²) in [6.07, 6.45) is 5.18. The Morgan fingerprint density at radius 2 is 2.03 bits per heavy atom. The van der Waals surface area contributed by atoms with Gasteiger partial charge in [-0.25, -0.2) is 18.7 Å². The Hall–Kier alpha value is -3.54. The number of anilines is 3. The first-order valence-corrected chi connectivity index (χ1v) is 9.93. The van der Waals surface area contributed by atoms with Crippen molar-refractivity contribution in [2.45, 2.75) is 37.6 Å². The highest BCUT2D eigenvalue weighted by molar-refractivity contribution is 5.69. The molecule has 1 aromatic carbocycles. The highest BCUT2D eigenvalue weighted by Gasteiger charge is 2.32. The fraction of sp³-hybridized carbons (Fsp3) is 0.333. The highest BCUT2D eigenvalue weighted by Crippen LogP contribution is 2.41. The van der Waals surface area contributed by atoms with E-state index in [-0.39, 0.29) is 11.6 Å². The van der Waals surface area contributed by atoms with E-state index in [0.717, 1.165) is 31.0 Å². The van der Waals surface area contributed by atoms with Crippen molar-refractivity contribution in [1.29, 1.82) is 5.26 Å². The monoisotopic (exact) mass is 407 g/mol. The second-order valence-corrected chi connectivity index (χ2v) is 7.66. The number of hydrogen-bond acceptors (Lipinski definition) is 6. The highest BCUT2D eigenvalue weighted by atomic mass is 19.1. The molecule has 2 aliphatic rings. The Morgan fingerprint density at radius 1 is 1.17 bits per heavy atom. The Kier molecular flexibility index (Phi) is 4.54. The van der Waals surface area contributed by atoms with Gasteiger partial charge in [0.1, 0.15) is 29.6 Å². The first-order valence-electron chi connectivity index (χ1n) is 9.93. The van der Waals surface area contributed by atoms with E-state index in [4.69, 9.17) is 0 Å². The van der Waals surface area contributed by atoms with Crippen LogP contribution in [0.15, 0.2) is 30.6 Å². The summed E-state index contributed by atoms with van der Waals surface area (Å²) >= 11 is 0. The topological polar surface area (TPSA) is 93.5 Å². The van der Waals surface area contributed by atoms with Crippen molar-refractivity contribution < 1.29 is 8.78 Å². The molecule has 5 rings (SSSR count). The molecule has 30 heavy (non-hydrogen) atoms. The van der Waals surface area contributed by atoms with Gasteiger partial charge in [0, 0.05) is 35.9 Å². The number of benzene rings is 1. The van der Waals surface area contributed by atoms with Crippen LogP contribution in [-0.2, 0) is 0 Å². The van der Waals surface area contributed by atoms with Crippen molar-refractivity contribution in [3.8, 4) is 6.07 Å². The van der Waals surface area contributed by atoms with Crippen molar-refractivity contribution in [2.75, 3.05) is 16.8 Å². The predicted molar refractivity (Wildman–Crippen MR) is 106 cm³/mol. The van der Waals surface area contributed by atoms with Gasteiger partial charge in [0.2, 0.25) is 0 Å². The van der Waals surface area contributed by atoms with Crippen LogP contribution in [0.1, 0.15) is 54.5 Å². The molecule has 1 aliphatic heterocycles. The third kappa shape index (κ3) is 3.34. The molecule has 3 aromatic rings. The van der Waals surface area contributed by atoms with Gasteiger partial charge >= 0.3 is 0 Å². The molecule has 9 heteroatoms. The standard InChI is InChI=1S/C21H19F2N7/c22-13-5-6-14(16(23)8-13)18-2-1-7-30(18)21-15(10-24)20(25-11-26-21)27-19-9-17(28-29-19)12-3-4-12/h5-6,8-9,11-12,18H,1-4,7H2,(H2,25,26,27,28,29). The molecule has 1 unspecified atom stereocenters. The molecular formula is C21H19F2N7. The number of halogens is 2. The summed E-state index contributed by atoms with van der Waals surface area (Å²) in [6, 6.07) is 7.38. The van der Waals surface area contributed by atoms with Gasteiger partial charge in [-0.1, -0.05) is 6.07 Å². The molecule has 1 saturated heterocycles. The summed E-state index contributed by atoms with van der Waals surface area (Å²) in [5.74, 6) is 0.681. The van der Waals surface area contributed by atoms with Gasteiger partial charge in [0.05, 0.1) is 6.04 Å². The Morgan fingerprint density at radius 3 is 2.80 bits per heavy atom. The van der Waals surface area contributed by atoms with Crippen molar-refractivity contribution in [2.24, 2.45) is 0 Å². The minimum absolute atomic E-state index is 0.267. The number of aromatic nitrogens is 4. The molecule has 7 nitrogen and oxygen atoms in total. The molecule has 0 bridgehead atoms. The summed E-state index contributed by atoms with van der Waals surface area (Å²) in [4.78, 5) is 10.4. The summed E-state index contributed by atoms with van der Waals surface area (Å²) < 4.78 is 27.8. The van der Waals surface area contributed by atoms with Gasteiger partial charge in [0.15, 0.2) is 17.5 Å². The second kappa shape index (κ2) is 7.37. The normalized spacial score (nSPS) is 18.4. The van der Waals surface area contributed by atoms with Gasteiger partial charge in [-0.15, -0.1) is 0 Å². The lowest BCUT2D eigenvalue weighted by Crippen LogP contribution is -2.25. The third-order valence-electron chi connectivity index (χ3n) is 5.65. The summed E-state index contributed by atoms with van der Waals surface area (Å²) in [7, 11) is 0. The van der Waals surface area contributed by atoms with Crippen LogP contribution in [0.5, 0.6) is 0 Å². The van der Waals surface area contributed by atoms with Gasteiger partial charge in [0.25, 0.3) is 0 Å². The number of H-pyrrole nitrogens is 1. The average molecular weight is 407 g/mol. The van der Waals surface area contributed by atoms with E-state index in [1.807, 2.05) is 11.0 Å². The molecule has 0 amide bonds. The smallest absolute Gasteiger partial charge is 0.155 e. The molecule has 0 spiro atoms. The van der Waals surface area contributed by atoms with Crippen LogP contribution in [-0.4, -0.2) is 26.7 Å². The lowest BCUT2D eigenvalue weighted by Gasteiger charge is -2.27. The zero-order valence-corrected chi connectivity index (χ0v) is 16.1. The average Bonchev–Trinajstić information content (AvgIpc) is 3.29.